The lowest BCUT2D eigenvalue weighted by atomic mass is 9.78. The Balaban J connectivity index is 2.16. The van der Waals surface area contributed by atoms with Gasteiger partial charge < -0.3 is 14.8 Å². The molecule has 1 aromatic rings. The van der Waals surface area contributed by atoms with E-state index in [0.29, 0.717) is 42.0 Å². The van der Waals surface area contributed by atoms with Crippen molar-refractivity contribution in [2.24, 2.45) is 11.8 Å². The summed E-state index contributed by atoms with van der Waals surface area (Å²) in [6.07, 6.45) is 4.47. The Bertz CT molecular complexity index is 681. The van der Waals surface area contributed by atoms with E-state index in [2.05, 4.69) is 32.2 Å². The number of hydrogen-bond acceptors (Lipinski definition) is 4. The third-order valence-electron chi connectivity index (χ3n) is 4.88. The number of nitrogens with one attached hydrogen (secondary N) is 1. The maximum absolute atomic E-state index is 13.1. The van der Waals surface area contributed by atoms with Crippen LogP contribution in [0, 0.1) is 23.2 Å². The molecule has 27 heavy (non-hydrogen) atoms. The summed E-state index contributed by atoms with van der Waals surface area (Å²) in [4.78, 5) is 13.1. The van der Waals surface area contributed by atoms with Crippen molar-refractivity contribution in [3.8, 4) is 11.8 Å². The molecule has 0 saturated heterocycles. The zero-order valence-corrected chi connectivity index (χ0v) is 17.0. The zero-order chi connectivity index (χ0) is 19.9. The van der Waals surface area contributed by atoms with Crippen LogP contribution in [-0.4, -0.2) is 24.7 Å². The average molecular weight is 373 g/mol. The quantitative estimate of drug-likeness (QED) is 0.704. The molecule has 1 amide bonds. The Morgan fingerprint density at radius 3 is 2.85 bits per heavy atom. The van der Waals surface area contributed by atoms with Gasteiger partial charge in [-0.25, -0.2) is 0 Å². The van der Waals surface area contributed by atoms with Gasteiger partial charge in [-0.15, -0.1) is 0 Å². The van der Waals surface area contributed by atoms with Gasteiger partial charge in [0.2, 0.25) is 0 Å². The van der Waals surface area contributed by atoms with Crippen molar-refractivity contribution in [1.29, 1.82) is 5.26 Å². The lowest BCUT2D eigenvalue weighted by Gasteiger charge is -2.38. The minimum Gasteiger partial charge on any atom is -0.492 e. The number of anilines is 1. The van der Waals surface area contributed by atoms with E-state index in [4.69, 9.17) is 9.47 Å². The number of nitriles is 1. The fraction of sp³-hybridized carbons (Fsp3) is 0.636. The molecule has 0 radical (unpaired) electrons. The molecule has 0 bridgehead atoms. The Labute approximate surface area is 163 Å². The van der Waals surface area contributed by atoms with Crippen LogP contribution in [-0.2, 0) is 9.53 Å². The minimum absolute atomic E-state index is 0.109. The van der Waals surface area contributed by atoms with Crippen LogP contribution in [0.5, 0.6) is 5.75 Å². The third kappa shape index (κ3) is 5.71. The Kier molecular flexibility index (Phi) is 7.67. The number of nitrogens with zero attached hydrogens (tertiary/aromatic N) is 1. The predicted molar refractivity (Wildman–Crippen MR) is 107 cm³/mol. The molecule has 0 heterocycles. The van der Waals surface area contributed by atoms with Crippen molar-refractivity contribution >= 4 is 11.6 Å². The van der Waals surface area contributed by atoms with E-state index in [-0.39, 0.29) is 5.91 Å². The van der Waals surface area contributed by atoms with Crippen LogP contribution in [0.4, 0.5) is 5.69 Å². The molecule has 1 fully saturated rings. The summed E-state index contributed by atoms with van der Waals surface area (Å²) in [6.45, 7) is 9.46. The normalized spacial score (nSPS) is 22.3. The van der Waals surface area contributed by atoms with Gasteiger partial charge in [0.15, 0.2) is 0 Å². The van der Waals surface area contributed by atoms with Gasteiger partial charge in [-0.1, -0.05) is 34.1 Å². The van der Waals surface area contributed by atoms with Crippen LogP contribution >= 0.6 is 0 Å². The van der Waals surface area contributed by atoms with Crippen molar-refractivity contribution in [3.05, 3.63) is 23.8 Å². The number of benzene rings is 1. The zero-order valence-electron chi connectivity index (χ0n) is 17.0. The van der Waals surface area contributed by atoms with Crippen LogP contribution in [0.2, 0.25) is 0 Å². The summed E-state index contributed by atoms with van der Waals surface area (Å²) in [5.74, 6) is 1.28. The van der Waals surface area contributed by atoms with Crippen LogP contribution in [0.15, 0.2) is 18.2 Å². The van der Waals surface area contributed by atoms with Crippen LogP contribution in [0.1, 0.15) is 65.4 Å². The molecule has 1 N–H and O–H groups in total. The topological polar surface area (TPSA) is 71.3 Å². The van der Waals surface area contributed by atoms with Crippen molar-refractivity contribution < 1.29 is 14.3 Å². The highest BCUT2D eigenvalue weighted by Gasteiger charge is 2.42. The maximum atomic E-state index is 13.1. The van der Waals surface area contributed by atoms with Crippen LogP contribution < -0.4 is 10.1 Å². The molecular weight excluding hydrogens is 340 g/mol. The van der Waals surface area contributed by atoms with Crippen molar-refractivity contribution in [2.75, 3.05) is 18.5 Å². The van der Waals surface area contributed by atoms with Crippen molar-refractivity contribution in [2.45, 2.75) is 65.4 Å². The molecule has 1 saturated carbocycles. The van der Waals surface area contributed by atoms with Gasteiger partial charge in [0, 0.05) is 12.3 Å². The highest BCUT2D eigenvalue weighted by Crippen LogP contribution is 2.36. The highest BCUT2D eigenvalue weighted by atomic mass is 16.5. The fourth-order valence-corrected chi connectivity index (χ4v) is 3.53. The molecule has 0 aliphatic heterocycles. The number of carbonyl (C=O) groups excluding carboxylic acids is 1. The number of hydrogen-bond donors (Lipinski definition) is 1. The first-order valence-electron chi connectivity index (χ1n) is 10.0. The van der Waals surface area contributed by atoms with E-state index >= 15 is 0 Å². The lowest BCUT2D eigenvalue weighted by molar-refractivity contribution is -0.148. The SMILES string of the molecule is CCCO[C@]1(C(=O)Nc2ccc(OCC(C)C)c(C#N)c2)CCC[C@@H](C)C1. The molecule has 0 spiro atoms. The van der Waals surface area contributed by atoms with E-state index in [1.54, 1.807) is 18.2 Å². The third-order valence-corrected chi connectivity index (χ3v) is 4.88. The van der Waals surface area contributed by atoms with E-state index < -0.39 is 5.60 Å². The van der Waals surface area contributed by atoms with Crippen LogP contribution in [0.3, 0.4) is 0 Å². The second-order valence-electron chi connectivity index (χ2n) is 8.03. The highest BCUT2D eigenvalue weighted by molar-refractivity contribution is 5.97. The summed E-state index contributed by atoms with van der Waals surface area (Å²) in [5, 5.41) is 12.4. The molecule has 2 rings (SSSR count). The summed E-state index contributed by atoms with van der Waals surface area (Å²) < 4.78 is 11.8. The molecule has 2 atom stereocenters. The molecule has 148 valence electrons. The van der Waals surface area contributed by atoms with Gasteiger partial charge >= 0.3 is 0 Å². The maximum Gasteiger partial charge on any atom is 0.256 e. The van der Waals surface area contributed by atoms with E-state index in [1.165, 1.54) is 0 Å². The molecule has 0 unspecified atom stereocenters. The van der Waals surface area contributed by atoms with Gasteiger partial charge in [0.1, 0.15) is 17.4 Å². The first-order valence-corrected chi connectivity index (χ1v) is 10.0. The summed E-state index contributed by atoms with van der Waals surface area (Å²) in [5.41, 5.74) is 0.257. The summed E-state index contributed by atoms with van der Waals surface area (Å²) in [7, 11) is 0. The smallest absolute Gasteiger partial charge is 0.256 e. The van der Waals surface area contributed by atoms with Crippen LogP contribution in [0.25, 0.3) is 0 Å². The lowest BCUT2D eigenvalue weighted by Crippen LogP contribution is -2.48. The standard InChI is InChI=1S/C22H32N2O3/c1-5-11-27-22(10-6-7-17(4)13-22)21(25)24-19-8-9-20(18(12-19)14-23)26-15-16(2)3/h8-9,12,16-17H,5-7,10-11,13,15H2,1-4H3,(H,24,25)/t17-,22-/m1/s1. The van der Waals surface area contributed by atoms with E-state index in [0.717, 1.165) is 32.1 Å². The predicted octanol–water partition coefficient (Wildman–Crippen LogP) is 4.91. The van der Waals surface area contributed by atoms with E-state index in [9.17, 15) is 10.1 Å². The summed E-state index contributed by atoms with van der Waals surface area (Å²) >= 11 is 0. The minimum atomic E-state index is -0.771. The van der Waals surface area contributed by atoms with Gasteiger partial charge in [0.05, 0.1) is 12.2 Å². The van der Waals surface area contributed by atoms with Crippen molar-refractivity contribution in [3.63, 3.8) is 0 Å². The number of carbonyl (C=O) groups is 1. The molecule has 1 aliphatic rings. The van der Waals surface area contributed by atoms with Gasteiger partial charge in [-0.2, -0.15) is 5.26 Å². The first kappa shape index (κ1) is 21.2. The number of amides is 1. The fourth-order valence-electron chi connectivity index (χ4n) is 3.53. The molecular formula is C22H32N2O3. The average Bonchev–Trinajstić information content (AvgIpc) is 2.65. The first-order chi connectivity index (χ1) is 12.9. The Hall–Kier alpha value is -2.06. The second-order valence-corrected chi connectivity index (χ2v) is 8.03. The number of rotatable bonds is 8. The Morgan fingerprint density at radius 1 is 1.44 bits per heavy atom. The van der Waals surface area contributed by atoms with Crippen molar-refractivity contribution in [1.82, 2.24) is 0 Å². The molecule has 0 aromatic heterocycles. The number of ether oxygens (including phenoxy) is 2. The van der Waals surface area contributed by atoms with Gasteiger partial charge in [-0.05, 0) is 55.7 Å². The largest absolute Gasteiger partial charge is 0.492 e. The Morgan fingerprint density at radius 2 is 2.22 bits per heavy atom. The second kappa shape index (κ2) is 9.75. The van der Waals surface area contributed by atoms with Gasteiger partial charge in [0.25, 0.3) is 5.91 Å². The monoisotopic (exact) mass is 372 g/mol. The molecule has 1 aromatic carbocycles. The molecule has 5 heteroatoms. The van der Waals surface area contributed by atoms with Gasteiger partial charge in [-0.3, -0.25) is 4.79 Å². The molecule has 1 aliphatic carbocycles. The molecule has 5 nitrogen and oxygen atoms in total. The summed E-state index contributed by atoms with van der Waals surface area (Å²) in [6, 6.07) is 7.37. The van der Waals surface area contributed by atoms with E-state index in [1.807, 2.05) is 6.92 Å².